The zero-order chi connectivity index (χ0) is 5.54. The maximum absolute atomic E-state index is 3.31. The molecule has 0 amide bonds. The summed E-state index contributed by atoms with van der Waals surface area (Å²) >= 11 is 0. The molecule has 7 heavy (non-hydrogen) atoms. The van der Waals surface area contributed by atoms with Gasteiger partial charge in [-0.15, -0.1) is 17.2 Å². The Morgan fingerprint density at radius 1 is 1.14 bits per heavy atom. The molecule has 0 aliphatic heterocycles. The van der Waals surface area contributed by atoms with E-state index in [1.165, 1.54) is 12.6 Å². The van der Waals surface area contributed by atoms with E-state index in [-0.39, 0.29) is 0 Å². The van der Waals surface area contributed by atoms with Crippen molar-refractivity contribution in [3.8, 4) is 0 Å². The maximum atomic E-state index is 3.31. The van der Waals surface area contributed by atoms with Crippen molar-refractivity contribution in [1.29, 1.82) is 0 Å². The topological polar surface area (TPSA) is 12.0 Å². The molecule has 0 fully saturated rings. The average molecular weight is 137 g/mol. The first-order chi connectivity index (χ1) is 3.41. The summed E-state index contributed by atoms with van der Waals surface area (Å²) in [6, 6.07) is 0. The predicted octanol–water partition coefficient (Wildman–Crippen LogP) is 1.11. The first kappa shape index (κ1) is 7.82. The highest BCUT2D eigenvalue weighted by Crippen LogP contribution is 2.00. The minimum Gasteiger partial charge on any atom is -0.310 e. The van der Waals surface area contributed by atoms with E-state index in [4.69, 9.17) is 0 Å². The van der Waals surface area contributed by atoms with Crippen LogP contribution in [0.2, 0.25) is 0 Å². The van der Waals surface area contributed by atoms with Crippen molar-refractivity contribution in [2.75, 3.05) is 25.9 Å². The lowest BCUT2D eigenvalue weighted by atomic mass is 11.2. The van der Waals surface area contributed by atoms with Gasteiger partial charge in [-0.3, -0.25) is 0 Å². The summed E-state index contributed by atoms with van der Waals surface area (Å²) in [5, 5.41) is 3.31. The van der Waals surface area contributed by atoms with Crippen molar-refractivity contribution < 1.29 is 0 Å². The fourth-order valence-corrected chi connectivity index (χ4v) is 1.31. The molecule has 2 unspecified atom stereocenters. The Labute approximate surface area is 49.2 Å². The van der Waals surface area contributed by atoms with E-state index in [9.17, 15) is 0 Å². The van der Waals surface area contributed by atoms with Crippen LogP contribution in [0.4, 0.5) is 0 Å². The summed E-state index contributed by atoms with van der Waals surface area (Å²) in [5.74, 6) is 0. The third-order valence-electron chi connectivity index (χ3n) is 0.604. The van der Waals surface area contributed by atoms with Crippen molar-refractivity contribution in [3.05, 3.63) is 0 Å². The lowest BCUT2D eigenvalue weighted by molar-refractivity contribution is 0.943. The summed E-state index contributed by atoms with van der Waals surface area (Å²) in [6.45, 7) is 4.43. The Morgan fingerprint density at radius 3 is 1.86 bits per heavy atom. The third kappa shape index (κ3) is 6.82. The molecule has 0 saturated carbocycles. The number of rotatable bonds is 4. The first-order valence-corrected chi connectivity index (χ1v) is 5.83. The van der Waals surface area contributed by atoms with E-state index in [1.54, 1.807) is 0 Å². The molecule has 0 aromatic carbocycles. The van der Waals surface area contributed by atoms with Crippen LogP contribution in [-0.4, -0.2) is 25.9 Å². The second-order valence-electron chi connectivity index (χ2n) is 1.31. The van der Waals surface area contributed by atoms with Gasteiger partial charge in [-0.1, -0.05) is 0 Å². The molecular formula is C4H13NP2. The van der Waals surface area contributed by atoms with Gasteiger partial charge in [0.25, 0.3) is 0 Å². The maximum Gasteiger partial charge on any atom is 0.0127 e. The van der Waals surface area contributed by atoms with E-state index in [0.717, 1.165) is 17.2 Å². The monoisotopic (exact) mass is 137 g/mol. The fraction of sp³-hybridized carbons (Fsp3) is 1.00. The van der Waals surface area contributed by atoms with Gasteiger partial charge in [0, 0.05) is 12.6 Å². The Balaban J connectivity index is 2.45. The van der Waals surface area contributed by atoms with Crippen LogP contribution in [0.3, 0.4) is 0 Å². The Bertz CT molecular complexity index is 28.9. The molecule has 0 radical (unpaired) electrons. The van der Waals surface area contributed by atoms with Gasteiger partial charge in [0.15, 0.2) is 0 Å². The minimum atomic E-state index is 1.06. The molecular weight excluding hydrogens is 124 g/mol. The van der Waals surface area contributed by atoms with E-state index in [0.29, 0.717) is 0 Å². The van der Waals surface area contributed by atoms with Crippen LogP contribution < -0.4 is 5.32 Å². The highest BCUT2D eigenvalue weighted by atomic mass is 31.1. The molecule has 0 aliphatic rings. The van der Waals surface area contributed by atoms with Crippen molar-refractivity contribution in [2.45, 2.75) is 0 Å². The Hall–Kier alpha value is 0.820. The van der Waals surface area contributed by atoms with Gasteiger partial charge in [-0.05, 0) is 13.3 Å². The summed E-state index contributed by atoms with van der Waals surface area (Å²) < 4.78 is 0. The highest BCUT2D eigenvalue weighted by Gasteiger charge is 1.75. The normalized spacial score (nSPS) is 12.9. The summed E-state index contributed by atoms with van der Waals surface area (Å²) in [7, 11) is 2.12. The number of hydrogen-bond acceptors (Lipinski definition) is 1. The molecule has 0 heterocycles. The minimum absolute atomic E-state index is 1.06. The van der Waals surface area contributed by atoms with Gasteiger partial charge < -0.3 is 5.32 Å². The highest BCUT2D eigenvalue weighted by molar-refractivity contribution is 7.37. The van der Waals surface area contributed by atoms with Gasteiger partial charge in [0.05, 0.1) is 0 Å². The van der Waals surface area contributed by atoms with Crippen LogP contribution >= 0.6 is 17.2 Å². The van der Waals surface area contributed by atoms with Gasteiger partial charge in [-0.2, -0.15) is 0 Å². The van der Waals surface area contributed by atoms with Gasteiger partial charge in [0.1, 0.15) is 0 Å². The van der Waals surface area contributed by atoms with Crippen molar-refractivity contribution in [3.63, 3.8) is 0 Å². The quantitative estimate of drug-likeness (QED) is 0.452. The molecule has 0 spiro atoms. The van der Waals surface area contributed by atoms with Crippen LogP contribution in [0.5, 0.6) is 0 Å². The van der Waals surface area contributed by atoms with Crippen molar-refractivity contribution in [1.82, 2.24) is 5.32 Å². The van der Waals surface area contributed by atoms with Gasteiger partial charge in [-0.25, -0.2) is 0 Å². The Morgan fingerprint density at radius 2 is 1.57 bits per heavy atom. The molecule has 0 aromatic heterocycles. The number of nitrogens with one attached hydrogen (secondary N) is 1. The molecule has 3 heteroatoms. The van der Waals surface area contributed by atoms with Crippen molar-refractivity contribution >= 4 is 17.2 Å². The molecule has 0 aromatic rings. The van der Waals surface area contributed by atoms with Crippen LogP contribution in [0.15, 0.2) is 0 Å². The largest absolute Gasteiger partial charge is 0.310 e. The smallest absolute Gasteiger partial charge is 0.0127 e. The molecule has 0 bridgehead atoms. The van der Waals surface area contributed by atoms with Crippen LogP contribution in [0.25, 0.3) is 0 Å². The lowest BCUT2D eigenvalue weighted by Gasteiger charge is -1.96. The number of hydrogen-bond donors (Lipinski definition) is 1. The zero-order valence-corrected chi connectivity index (χ0v) is 6.91. The first-order valence-electron chi connectivity index (χ1n) is 2.41. The van der Waals surface area contributed by atoms with Crippen LogP contribution in [0.1, 0.15) is 0 Å². The molecule has 1 N–H and O–H groups in total. The van der Waals surface area contributed by atoms with Crippen molar-refractivity contribution in [2.24, 2.45) is 0 Å². The molecule has 0 saturated heterocycles. The van der Waals surface area contributed by atoms with Gasteiger partial charge in [0.2, 0.25) is 0 Å². The second kappa shape index (κ2) is 6.82. The standard InChI is InChI=1S/C4H13NP2/c1-6-3-5-4-7-2/h5-7H,3-4H2,1-2H3. The third-order valence-corrected chi connectivity index (χ3v) is 1.81. The molecule has 0 aliphatic carbocycles. The van der Waals surface area contributed by atoms with Crippen LogP contribution in [0, 0.1) is 0 Å². The molecule has 44 valence electrons. The Kier molecular flexibility index (Phi) is 7.62. The molecule has 0 rings (SSSR count). The lowest BCUT2D eigenvalue weighted by Crippen LogP contribution is -2.08. The zero-order valence-electron chi connectivity index (χ0n) is 4.91. The summed E-state index contributed by atoms with van der Waals surface area (Å²) in [6.07, 6.45) is 2.42. The molecule has 1 nitrogen and oxygen atoms in total. The SMILES string of the molecule is CPCNCPC. The van der Waals surface area contributed by atoms with Gasteiger partial charge >= 0.3 is 0 Å². The summed E-state index contributed by atoms with van der Waals surface area (Å²) in [4.78, 5) is 0. The van der Waals surface area contributed by atoms with E-state index in [1.807, 2.05) is 0 Å². The second-order valence-corrected chi connectivity index (χ2v) is 3.43. The van der Waals surface area contributed by atoms with Crippen LogP contribution in [-0.2, 0) is 0 Å². The average Bonchev–Trinajstić information content (AvgIpc) is 1.69. The molecule has 2 atom stereocenters. The van der Waals surface area contributed by atoms with E-state index >= 15 is 0 Å². The predicted molar refractivity (Wildman–Crippen MR) is 41.3 cm³/mol. The van der Waals surface area contributed by atoms with E-state index < -0.39 is 0 Å². The fourth-order valence-electron chi connectivity index (χ4n) is 0.312. The summed E-state index contributed by atoms with van der Waals surface area (Å²) in [5.41, 5.74) is 0. The van der Waals surface area contributed by atoms with E-state index in [2.05, 4.69) is 18.6 Å².